The van der Waals surface area contributed by atoms with E-state index in [2.05, 4.69) is 10.4 Å². The second kappa shape index (κ2) is 6.94. The Morgan fingerprint density at radius 2 is 2.11 bits per heavy atom. The lowest BCUT2D eigenvalue weighted by Gasteiger charge is -2.26. The molecule has 27 heavy (non-hydrogen) atoms. The molecule has 0 bridgehead atoms. The van der Waals surface area contributed by atoms with Crippen molar-refractivity contribution in [2.75, 3.05) is 25.1 Å². The normalized spacial score (nSPS) is 17.9. The number of fused-ring (bicyclic) bond motifs is 2. The third-order valence-corrected chi connectivity index (χ3v) is 4.72. The van der Waals surface area contributed by atoms with Crippen molar-refractivity contribution >= 4 is 17.7 Å². The van der Waals surface area contributed by atoms with Gasteiger partial charge in [-0.2, -0.15) is 5.10 Å². The molecule has 0 saturated carbocycles. The highest BCUT2D eigenvalue weighted by Crippen LogP contribution is 2.42. The Balaban J connectivity index is 1.72. The van der Waals surface area contributed by atoms with Gasteiger partial charge in [0.25, 0.3) is 0 Å². The first-order valence-electron chi connectivity index (χ1n) is 8.99. The van der Waals surface area contributed by atoms with E-state index in [9.17, 15) is 9.59 Å². The predicted molar refractivity (Wildman–Crippen MR) is 96.1 cm³/mol. The molecule has 8 nitrogen and oxygen atoms in total. The van der Waals surface area contributed by atoms with Crippen molar-refractivity contribution in [2.45, 2.75) is 32.7 Å². The lowest BCUT2D eigenvalue weighted by molar-refractivity contribution is -0.144. The minimum Gasteiger partial charge on any atom is -0.486 e. The van der Waals surface area contributed by atoms with E-state index in [1.54, 1.807) is 6.92 Å². The summed E-state index contributed by atoms with van der Waals surface area (Å²) >= 11 is 0. The second-order valence-electron chi connectivity index (χ2n) is 6.52. The van der Waals surface area contributed by atoms with Crippen molar-refractivity contribution in [3.63, 3.8) is 0 Å². The Hall–Kier alpha value is -3.03. The van der Waals surface area contributed by atoms with E-state index in [-0.39, 0.29) is 18.4 Å². The molecule has 0 spiro atoms. The number of hydrogen-bond donors (Lipinski definition) is 1. The fourth-order valence-electron chi connectivity index (χ4n) is 3.62. The predicted octanol–water partition coefficient (Wildman–Crippen LogP) is 2.00. The van der Waals surface area contributed by atoms with Gasteiger partial charge in [-0.25, -0.2) is 4.68 Å². The molecule has 1 aromatic carbocycles. The number of aromatic nitrogens is 2. The van der Waals surface area contributed by atoms with Crippen molar-refractivity contribution in [3.05, 3.63) is 35.0 Å². The van der Waals surface area contributed by atoms with Gasteiger partial charge < -0.3 is 19.5 Å². The number of aryl methyl sites for hydroxylation is 1. The SMILES string of the molecule is CCOC(=O)Cn1nc(C)c2c1NC(=O)CC2c1ccc2c(c1)OCCO2. The number of esters is 1. The largest absolute Gasteiger partial charge is 0.486 e. The van der Waals surface area contributed by atoms with Gasteiger partial charge in [-0.3, -0.25) is 9.59 Å². The van der Waals surface area contributed by atoms with Crippen LogP contribution in [0.1, 0.15) is 36.1 Å². The fourth-order valence-corrected chi connectivity index (χ4v) is 3.62. The summed E-state index contributed by atoms with van der Waals surface area (Å²) in [5, 5.41) is 7.31. The smallest absolute Gasteiger partial charge is 0.327 e. The van der Waals surface area contributed by atoms with Crippen LogP contribution in [0.3, 0.4) is 0 Å². The number of hydrogen-bond acceptors (Lipinski definition) is 6. The number of rotatable bonds is 4. The van der Waals surface area contributed by atoms with Gasteiger partial charge in [0.05, 0.1) is 12.3 Å². The number of carbonyl (C=O) groups is 2. The van der Waals surface area contributed by atoms with Crippen LogP contribution < -0.4 is 14.8 Å². The summed E-state index contributed by atoms with van der Waals surface area (Å²) in [6.07, 6.45) is 0.304. The monoisotopic (exact) mass is 371 g/mol. The van der Waals surface area contributed by atoms with Gasteiger partial charge in [0.15, 0.2) is 11.5 Å². The molecule has 0 aliphatic carbocycles. The summed E-state index contributed by atoms with van der Waals surface area (Å²) in [4.78, 5) is 24.2. The molecule has 0 radical (unpaired) electrons. The first kappa shape index (κ1) is 17.4. The number of carbonyl (C=O) groups excluding carboxylic acids is 2. The molecule has 2 aliphatic heterocycles. The number of anilines is 1. The lowest BCUT2D eigenvalue weighted by Crippen LogP contribution is -2.26. The van der Waals surface area contributed by atoms with Crippen molar-refractivity contribution < 1.29 is 23.8 Å². The van der Waals surface area contributed by atoms with Gasteiger partial charge in [-0.15, -0.1) is 0 Å². The highest BCUT2D eigenvalue weighted by Gasteiger charge is 2.33. The number of amides is 1. The standard InChI is InChI=1S/C19H21N3O5/c1-3-25-17(24)10-22-19-18(11(2)21-22)13(9-16(23)20-19)12-4-5-14-15(8-12)27-7-6-26-14/h4-5,8,13H,3,6-7,9-10H2,1-2H3,(H,20,23). The van der Waals surface area contributed by atoms with E-state index >= 15 is 0 Å². The van der Waals surface area contributed by atoms with Gasteiger partial charge in [-0.05, 0) is 31.5 Å². The highest BCUT2D eigenvalue weighted by molar-refractivity contribution is 5.95. The van der Waals surface area contributed by atoms with Crippen molar-refractivity contribution in [1.29, 1.82) is 0 Å². The summed E-state index contributed by atoms with van der Waals surface area (Å²) in [5.41, 5.74) is 2.64. The molecule has 0 saturated heterocycles. The molecule has 2 aromatic rings. The molecule has 0 fully saturated rings. The van der Waals surface area contributed by atoms with Crippen LogP contribution in [0.15, 0.2) is 18.2 Å². The maximum atomic E-state index is 12.3. The molecule has 2 aliphatic rings. The topological polar surface area (TPSA) is 91.7 Å². The number of nitrogens with one attached hydrogen (secondary N) is 1. The molecule has 1 amide bonds. The van der Waals surface area contributed by atoms with Crippen LogP contribution in [0, 0.1) is 6.92 Å². The molecule has 142 valence electrons. The maximum absolute atomic E-state index is 12.3. The van der Waals surface area contributed by atoms with Crippen LogP contribution in [0.5, 0.6) is 11.5 Å². The van der Waals surface area contributed by atoms with Crippen LogP contribution in [0.2, 0.25) is 0 Å². The van der Waals surface area contributed by atoms with Gasteiger partial charge in [0.2, 0.25) is 5.91 Å². The van der Waals surface area contributed by atoms with E-state index in [0.29, 0.717) is 43.6 Å². The maximum Gasteiger partial charge on any atom is 0.327 e. The van der Waals surface area contributed by atoms with Crippen LogP contribution in [-0.4, -0.2) is 41.5 Å². The van der Waals surface area contributed by atoms with E-state index < -0.39 is 5.97 Å². The third-order valence-electron chi connectivity index (χ3n) is 4.72. The fraction of sp³-hybridized carbons (Fsp3) is 0.421. The van der Waals surface area contributed by atoms with Gasteiger partial charge in [0.1, 0.15) is 25.6 Å². The van der Waals surface area contributed by atoms with E-state index in [0.717, 1.165) is 16.8 Å². The Morgan fingerprint density at radius 1 is 1.33 bits per heavy atom. The van der Waals surface area contributed by atoms with Crippen LogP contribution in [0.25, 0.3) is 0 Å². The highest BCUT2D eigenvalue weighted by atomic mass is 16.6. The van der Waals surface area contributed by atoms with Crippen molar-refractivity contribution in [3.8, 4) is 11.5 Å². The van der Waals surface area contributed by atoms with Crippen LogP contribution in [-0.2, 0) is 20.9 Å². The lowest BCUT2D eigenvalue weighted by atomic mass is 9.85. The number of nitrogens with zero attached hydrogens (tertiary/aromatic N) is 2. The van der Waals surface area contributed by atoms with Crippen LogP contribution >= 0.6 is 0 Å². The summed E-state index contributed by atoms with van der Waals surface area (Å²) in [6, 6.07) is 5.74. The minimum atomic E-state index is -0.390. The van der Waals surface area contributed by atoms with Gasteiger partial charge >= 0.3 is 5.97 Å². The molecular formula is C19H21N3O5. The molecule has 3 heterocycles. The van der Waals surface area contributed by atoms with Gasteiger partial charge in [-0.1, -0.05) is 6.07 Å². The molecular weight excluding hydrogens is 350 g/mol. The minimum absolute atomic E-state index is 0.0435. The summed E-state index contributed by atoms with van der Waals surface area (Å²) in [7, 11) is 0. The molecule has 1 N–H and O–H groups in total. The molecule has 1 atom stereocenters. The van der Waals surface area contributed by atoms with Crippen LogP contribution in [0.4, 0.5) is 5.82 Å². The average Bonchev–Trinajstić information content (AvgIpc) is 2.96. The van der Waals surface area contributed by atoms with E-state index in [1.165, 1.54) is 4.68 Å². The summed E-state index contributed by atoms with van der Waals surface area (Å²) in [6.45, 7) is 4.92. The first-order chi connectivity index (χ1) is 13.1. The average molecular weight is 371 g/mol. The van der Waals surface area contributed by atoms with Crippen molar-refractivity contribution in [1.82, 2.24) is 9.78 Å². The summed E-state index contributed by atoms with van der Waals surface area (Å²) < 4.78 is 17.8. The Kier molecular flexibility index (Phi) is 4.47. The Morgan fingerprint density at radius 3 is 2.89 bits per heavy atom. The first-order valence-corrected chi connectivity index (χ1v) is 8.99. The zero-order chi connectivity index (χ0) is 19.0. The van der Waals surface area contributed by atoms with Crippen molar-refractivity contribution in [2.24, 2.45) is 0 Å². The van der Waals surface area contributed by atoms with E-state index in [1.807, 2.05) is 25.1 Å². The Bertz CT molecular complexity index is 905. The third kappa shape index (κ3) is 3.22. The Labute approximate surface area is 156 Å². The van der Waals surface area contributed by atoms with Gasteiger partial charge in [0, 0.05) is 17.9 Å². The number of benzene rings is 1. The van der Waals surface area contributed by atoms with E-state index in [4.69, 9.17) is 14.2 Å². The zero-order valence-corrected chi connectivity index (χ0v) is 15.3. The molecule has 1 unspecified atom stereocenters. The molecule has 1 aromatic heterocycles. The quantitative estimate of drug-likeness (QED) is 0.827. The molecule has 4 rings (SSSR count). The zero-order valence-electron chi connectivity index (χ0n) is 15.3. The summed E-state index contributed by atoms with van der Waals surface area (Å²) in [5.74, 6) is 1.27. The number of ether oxygens (including phenoxy) is 3. The molecule has 8 heteroatoms. The second-order valence-corrected chi connectivity index (χ2v) is 6.52.